The summed E-state index contributed by atoms with van der Waals surface area (Å²) in [6.45, 7) is 1.79. The normalized spacial score (nSPS) is 16.2. The number of methoxy groups -OCH3 is 2. The SMILES string of the molecule is COc1ccc(CNC(=O)[C@H]2CCCN(c3ncnc4c3oc3ccccc34)C2)c(OC)c1. The monoisotopic (exact) mass is 446 g/mol. The molecule has 1 amide bonds. The molecule has 2 aromatic carbocycles. The average molecular weight is 447 g/mol. The van der Waals surface area contributed by atoms with Crippen LogP contribution in [0.2, 0.25) is 0 Å². The highest BCUT2D eigenvalue weighted by Gasteiger charge is 2.28. The van der Waals surface area contributed by atoms with Crippen molar-refractivity contribution in [1.29, 1.82) is 0 Å². The second-order valence-corrected chi connectivity index (χ2v) is 8.15. The van der Waals surface area contributed by atoms with E-state index in [-0.39, 0.29) is 11.8 Å². The van der Waals surface area contributed by atoms with E-state index in [1.165, 1.54) is 0 Å². The van der Waals surface area contributed by atoms with E-state index < -0.39 is 0 Å². The maximum Gasteiger partial charge on any atom is 0.225 e. The van der Waals surface area contributed by atoms with Crippen LogP contribution in [-0.2, 0) is 11.3 Å². The summed E-state index contributed by atoms with van der Waals surface area (Å²) >= 11 is 0. The Bertz CT molecular complexity index is 1300. The number of ether oxygens (including phenoxy) is 2. The zero-order valence-corrected chi connectivity index (χ0v) is 18.7. The van der Waals surface area contributed by atoms with E-state index in [4.69, 9.17) is 13.9 Å². The van der Waals surface area contributed by atoms with Gasteiger partial charge in [0, 0.05) is 36.7 Å². The van der Waals surface area contributed by atoms with Gasteiger partial charge in [0.25, 0.3) is 0 Å². The van der Waals surface area contributed by atoms with Crippen molar-refractivity contribution in [2.75, 3.05) is 32.2 Å². The molecule has 1 aliphatic rings. The standard InChI is InChI=1S/C25H26N4O4/c1-31-18-10-9-16(21(12-18)32-2)13-26-25(30)17-6-5-11-29(14-17)24-23-22(27-15-28-24)19-7-3-4-8-20(19)33-23/h3-4,7-10,12,15,17H,5-6,11,13-14H2,1-2H3,(H,26,30)/t17-/m0/s1. The van der Waals surface area contributed by atoms with Crippen LogP contribution in [0.1, 0.15) is 18.4 Å². The van der Waals surface area contributed by atoms with Gasteiger partial charge in [0.05, 0.1) is 20.1 Å². The Morgan fingerprint density at radius 3 is 2.91 bits per heavy atom. The number of piperidine rings is 1. The third-order valence-electron chi connectivity index (χ3n) is 6.18. The number of nitrogens with one attached hydrogen (secondary N) is 1. The summed E-state index contributed by atoms with van der Waals surface area (Å²) in [5, 5.41) is 4.04. The van der Waals surface area contributed by atoms with Gasteiger partial charge in [0.1, 0.15) is 28.9 Å². The number of anilines is 1. The van der Waals surface area contributed by atoms with E-state index in [0.717, 1.165) is 47.3 Å². The topological polar surface area (TPSA) is 89.7 Å². The van der Waals surface area contributed by atoms with Gasteiger partial charge in [-0.25, -0.2) is 9.97 Å². The Morgan fingerprint density at radius 2 is 2.06 bits per heavy atom. The second kappa shape index (κ2) is 8.97. The molecule has 0 bridgehead atoms. The van der Waals surface area contributed by atoms with E-state index in [1.54, 1.807) is 20.5 Å². The van der Waals surface area contributed by atoms with Crippen molar-refractivity contribution in [3.63, 3.8) is 0 Å². The number of carbonyl (C=O) groups excluding carboxylic acids is 1. The predicted octanol–water partition coefficient (Wildman–Crippen LogP) is 3.93. The van der Waals surface area contributed by atoms with E-state index in [0.29, 0.717) is 30.2 Å². The minimum atomic E-state index is -0.141. The zero-order valence-electron chi connectivity index (χ0n) is 18.7. The van der Waals surface area contributed by atoms with Gasteiger partial charge in [-0.15, -0.1) is 0 Å². The van der Waals surface area contributed by atoms with Gasteiger partial charge in [-0.05, 0) is 37.1 Å². The summed E-state index contributed by atoms with van der Waals surface area (Å²) in [6, 6.07) is 13.4. The van der Waals surface area contributed by atoms with Crippen LogP contribution in [0.5, 0.6) is 11.5 Å². The molecule has 0 aliphatic carbocycles. The van der Waals surface area contributed by atoms with Crippen molar-refractivity contribution in [2.45, 2.75) is 19.4 Å². The Balaban J connectivity index is 1.32. The van der Waals surface area contributed by atoms with Crippen molar-refractivity contribution in [3.05, 3.63) is 54.4 Å². The quantitative estimate of drug-likeness (QED) is 0.480. The van der Waals surface area contributed by atoms with E-state index in [2.05, 4.69) is 20.2 Å². The lowest BCUT2D eigenvalue weighted by Crippen LogP contribution is -2.43. The number of carbonyl (C=O) groups is 1. The molecule has 1 N–H and O–H groups in total. The largest absolute Gasteiger partial charge is 0.497 e. The molecule has 0 spiro atoms. The number of furan rings is 1. The molecule has 1 atom stereocenters. The van der Waals surface area contributed by atoms with Crippen LogP contribution < -0.4 is 19.7 Å². The summed E-state index contributed by atoms with van der Waals surface area (Å²) in [5.74, 6) is 2.02. The van der Waals surface area contributed by atoms with Gasteiger partial charge in [0.15, 0.2) is 11.4 Å². The van der Waals surface area contributed by atoms with Crippen LogP contribution in [0.4, 0.5) is 5.82 Å². The fourth-order valence-electron chi connectivity index (χ4n) is 4.44. The summed E-state index contributed by atoms with van der Waals surface area (Å²) in [7, 11) is 3.22. The molecule has 0 saturated carbocycles. The number of fused-ring (bicyclic) bond motifs is 3. The summed E-state index contributed by atoms with van der Waals surface area (Å²) < 4.78 is 16.8. The van der Waals surface area contributed by atoms with E-state index in [1.807, 2.05) is 42.5 Å². The first-order chi connectivity index (χ1) is 16.2. The molecule has 170 valence electrons. The summed E-state index contributed by atoms with van der Waals surface area (Å²) in [6.07, 6.45) is 3.30. The smallest absolute Gasteiger partial charge is 0.225 e. The Morgan fingerprint density at radius 1 is 1.18 bits per heavy atom. The third-order valence-corrected chi connectivity index (χ3v) is 6.18. The number of rotatable bonds is 6. The summed E-state index contributed by atoms with van der Waals surface area (Å²) in [5.41, 5.74) is 3.16. The molecule has 8 nitrogen and oxygen atoms in total. The molecular formula is C25H26N4O4. The molecule has 5 rings (SSSR count). The number of aromatic nitrogens is 2. The molecule has 3 heterocycles. The molecule has 33 heavy (non-hydrogen) atoms. The highest BCUT2D eigenvalue weighted by Crippen LogP contribution is 2.34. The average Bonchev–Trinajstić information content (AvgIpc) is 3.26. The fraction of sp³-hybridized carbons (Fsp3) is 0.320. The minimum absolute atomic E-state index is 0.0208. The van der Waals surface area contributed by atoms with Gasteiger partial charge in [0.2, 0.25) is 5.91 Å². The number of benzene rings is 2. The van der Waals surface area contributed by atoms with Crippen molar-refractivity contribution in [2.24, 2.45) is 5.92 Å². The van der Waals surface area contributed by atoms with Gasteiger partial charge >= 0.3 is 0 Å². The van der Waals surface area contributed by atoms with E-state index in [9.17, 15) is 4.79 Å². The van der Waals surface area contributed by atoms with Crippen LogP contribution in [-0.4, -0.2) is 43.2 Å². The first-order valence-corrected chi connectivity index (χ1v) is 11.0. The van der Waals surface area contributed by atoms with Gasteiger partial charge in [-0.2, -0.15) is 0 Å². The molecule has 2 aromatic heterocycles. The fourth-order valence-corrected chi connectivity index (χ4v) is 4.44. The number of hydrogen-bond donors (Lipinski definition) is 1. The van der Waals surface area contributed by atoms with Crippen molar-refractivity contribution in [3.8, 4) is 11.5 Å². The van der Waals surface area contributed by atoms with Crippen LogP contribution in [0.3, 0.4) is 0 Å². The van der Waals surface area contributed by atoms with Gasteiger partial charge < -0.3 is 24.1 Å². The highest BCUT2D eigenvalue weighted by atomic mass is 16.5. The van der Waals surface area contributed by atoms with Crippen LogP contribution in [0, 0.1) is 5.92 Å². The molecule has 0 radical (unpaired) electrons. The molecule has 0 unspecified atom stereocenters. The first-order valence-electron chi connectivity index (χ1n) is 11.0. The Kier molecular flexibility index (Phi) is 5.73. The zero-order chi connectivity index (χ0) is 22.8. The second-order valence-electron chi connectivity index (χ2n) is 8.15. The minimum Gasteiger partial charge on any atom is -0.497 e. The maximum atomic E-state index is 13.0. The van der Waals surface area contributed by atoms with Crippen LogP contribution >= 0.6 is 0 Å². The van der Waals surface area contributed by atoms with Crippen molar-refractivity contribution in [1.82, 2.24) is 15.3 Å². The Labute approximate surface area is 191 Å². The number of para-hydroxylation sites is 1. The molecule has 1 fully saturated rings. The van der Waals surface area contributed by atoms with Gasteiger partial charge in [-0.3, -0.25) is 4.79 Å². The van der Waals surface area contributed by atoms with Crippen LogP contribution in [0.25, 0.3) is 22.1 Å². The first kappa shape index (κ1) is 21.1. The maximum absolute atomic E-state index is 13.0. The lowest BCUT2D eigenvalue weighted by atomic mass is 9.97. The molecular weight excluding hydrogens is 420 g/mol. The number of nitrogens with zero attached hydrogens (tertiary/aromatic N) is 3. The van der Waals surface area contributed by atoms with Crippen LogP contribution in [0.15, 0.2) is 53.2 Å². The number of hydrogen-bond acceptors (Lipinski definition) is 7. The highest BCUT2D eigenvalue weighted by molar-refractivity contribution is 6.05. The lowest BCUT2D eigenvalue weighted by molar-refractivity contribution is -0.125. The third kappa shape index (κ3) is 4.04. The Hall–Kier alpha value is -3.81. The van der Waals surface area contributed by atoms with Crippen molar-refractivity contribution < 1.29 is 18.7 Å². The molecule has 4 aromatic rings. The van der Waals surface area contributed by atoms with Crippen molar-refractivity contribution >= 4 is 33.8 Å². The number of amides is 1. The molecule has 1 aliphatic heterocycles. The predicted molar refractivity (Wildman–Crippen MR) is 126 cm³/mol. The lowest BCUT2D eigenvalue weighted by Gasteiger charge is -2.32. The molecule has 1 saturated heterocycles. The molecule has 8 heteroatoms. The van der Waals surface area contributed by atoms with E-state index >= 15 is 0 Å². The summed E-state index contributed by atoms with van der Waals surface area (Å²) in [4.78, 5) is 24.1. The van der Waals surface area contributed by atoms with Gasteiger partial charge in [-0.1, -0.05) is 12.1 Å².